The molecule has 7 heteroatoms. The number of anilines is 1. The molecule has 0 saturated carbocycles. The summed E-state index contributed by atoms with van der Waals surface area (Å²) in [5.41, 5.74) is 1.70. The first kappa shape index (κ1) is 21.1. The van der Waals surface area contributed by atoms with E-state index < -0.39 is 11.7 Å². The Morgan fingerprint density at radius 2 is 1.79 bits per heavy atom. The van der Waals surface area contributed by atoms with E-state index in [2.05, 4.69) is 11.4 Å². The maximum atomic E-state index is 13.9. The molecule has 0 bridgehead atoms. The van der Waals surface area contributed by atoms with Crippen LogP contribution >= 0.6 is 0 Å². The number of benzene rings is 2. The van der Waals surface area contributed by atoms with Gasteiger partial charge in [-0.2, -0.15) is 5.26 Å². The molecule has 2 rings (SSSR count). The molecule has 146 valence electrons. The van der Waals surface area contributed by atoms with Gasteiger partial charge in [0.05, 0.1) is 17.3 Å². The van der Waals surface area contributed by atoms with Crippen molar-refractivity contribution in [3.05, 3.63) is 65.0 Å². The third-order valence-corrected chi connectivity index (χ3v) is 4.08. The Hall–Kier alpha value is -3.24. The molecule has 2 aromatic carbocycles. The Balaban J connectivity index is 2.27. The molecule has 1 N–H and O–H groups in total. The van der Waals surface area contributed by atoms with Crippen molar-refractivity contribution in [2.45, 2.75) is 13.5 Å². The number of likely N-dealkylation sites (N-methyl/N-ethyl adjacent to an activating group) is 1. The van der Waals surface area contributed by atoms with Gasteiger partial charge in [-0.1, -0.05) is 12.1 Å². The molecule has 0 atom stereocenters. The van der Waals surface area contributed by atoms with Crippen molar-refractivity contribution in [3.63, 3.8) is 0 Å². The minimum Gasteiger partial charge on any atom is -0.333 e. The Kier molecular flexibility index (Phi) is 7.24. The van der Waals surface area contributed by atoms with Gasteiger partial charge < -0.3 is 15.1 Å². The molecule has 0 aliphatic carbocycles. The van der Waals surface area contributed by atoms with Gasteiger partial charge in [-0.25, -0.2) is 4.39 Å². The highest BCUT2D eigenvalue weighted by atomic mass is 19.1. The minimum absolute atomic E-state index is 0.0238. The van der Waals surface area contributed by atoms with Gasteiger partial charge in [-0.15, -0.1) is 0 Å². The first-order chi connectivity index (χ1) is 13.3. The van der Waals surface area contributed by atoms with E-state index in [4.69, 9.17) is 5.26 Å². The van der Waals surface area contributed by atoms with Crippen LogP contribution in [0.3, 0.4) is 0 Å². The molecule has 0 heterocycles. The number of halogens is 1. The van der Waals surface area contributed by atoms with Gasteiger partial charge >= 0.3 is 0 Å². The van der Waals surface area contributed by atoms with Crippen LogP contribution in [0, 0.1) is 17.1 Å². The summed E-state index contributed by atoms with van der Waals surface area (Å²) in [6.07, 6.45) is 0. The molecule has 0 saturated heterocycles. The van der Waals surface area contributed by atoms with E-state index in [1.54, 1.807) is 17.0 Å². The summed E-state index contributed by atoms with van der Waals surface area (Å²) in [7, 11) is 3.83. The largest absolute Gasteiger partial charge is 0.333 e. The second-order valence-electron chi connectivity index (χ2n) is 6.71. The van der Waals surface area contributed by atoms with Gasteiger partial charge in [0.2, 0.25) is 5.91 Å². The highest BCUT2D eigenvalue weighted by Gasteiger charge is 2.18. The summed E-state index contributed by atoms with van der Waals surface area (Å²) in [6.45, 7) is 2.76. The fourth-order valence-electron chi connectivity index (χ4n) is 2.60. The third-order valence-electron chi connectivity index (χ3n) is 4.08. The number of hydrogen-bond donors (Lipinski definition) is 1. The third kappa shape index (κ3) is 5.89. The lowest BCUT2D eigenvalue weighted by Crippen LogP contribution is -2.36. The topological polar surface area (TPSA) is 76.4 Å². The number of nitrogens with zero attached hydrogens (tertiary/aromatic N) is 3. The van der Waals surface area contributed by atoms with Gasteiger partial charge in [0.15, 0.2) is 0 Å². The smallest absolute Gasteiger partial charge is 0.254 e. The molecule has 0 aliphatic rings. The number of nitrogens with one attached hydrogen (secondary N) is 1. The molecular formula is C21H23FN4O2. The van der Waals surface area contributed by atoms with Gasteiger partial charge in [-0.3, -0.25) is 9.59 Å². The normalized spacial score (nSPS) is 10.4. The van der Waals surface area contributed by atoms with E-state index in [1.165, 1.54) is 25.1 Å². The van der Waals surface area contributed by atoms with E-state index in [1.807, 2.05) is 31.1 Å². The highest BCUT2D eigenvalue weighted by molar-refractivity contribution is 5.97. The lowest BCUT2D eigenvalue weighted by atomic mass is 10.1. The van der Waals surface area contributed by atoms with E-state index in [9.17, 15) is 14.0 Å². The molecule has 0 radical (unpaired) electrons. The average molecular weight is 382 g/mol. The van der Waals surface area contributed by atoms with Crippen LogP contribution in [-0.4, -0.2) is 48.8 Å². The molecule has 0 spiro atoms. The summed E-state index contributed by atoms with van der Waals surface area (Å²) in [5, 5.41) is 11.3. The lowest BCUT2D eigenvalue weighted by Gasteiger charge is -2.25. The van der Waals surface area contributed by atoms with Crippen LogP contribution in [0.25, 0.3) is 0 Å². The summed E-state index contributed by atoms with van der Waals surface area (Å²) in [5.74, 6) is -1.28. The van der Waals surface area contributed by atoms with Crippen LogP contribution in [0.1, 0.15) is 28.4 Å². The van der Waals surface area contributed by atoms with Crippen LogP contribution in [0.4, 0.5) is 10.1 Å². The Bertz CT molecular complexity index is 888. The summed E-state index contributed by atoms with van der Waals surface area (Å²) in [6, 6.07) is 13.0. The zero-order valence-corrected chi connectivity index (χ0v) is 16.2. The monoisotopic (exact) mass is 382 g/mol. The SMILES string of the molecule is CC(=O)Nc1cc(C(=O)N(CCN(C)C)Cc2ccc(C#N)cc2)ccc1F. The van der Waals surface area contributed by atoms with E-state index >= 15 is 0 Å². The van der Waals surface area contributed by atoms with Crippen molar-refractivity contribution >= 4 is 17.5 Å². The second kappa shape index (κ2) is 9.62. The highest BCUT2D eigenvalue weighted by Crippen LogP contribution is 2.19. The predicted molar refractivity (Wildman–Crippen MR) is 105 cm³/mol. The Morgan fingerprint density at radius 1 is 1.11 bits per heavy atom. The molecule has 0 aromatic heterocycles. The standard InChI is InChI=1S/C21H23FN4O2/c1-15(27)24-20-12-18(8-9-19(20)22)21(28)26(11-10-25(2)3)14-17-6-4-16(13-23)5-7-17/h4-9,12H,10-11,14H2,1-3H3,(H,24,27). The summed E-state index contributed by atoms with van der Waals surface area (Å²) in [4.78, 5) is 27.9. The molecular weight excluding hydrogens is 359 g/mol. The van der Waals surface area contributed by atoms with Gasteiger partial charge in [0.25, 0.3) is 5.91 Å². The van der Waals surface area contributed by atoms with Crippen LogP contribution in [-0.2, 0) is 11.3 Å². The predicted octanol–water partition coefficient (Wildman–Crippen LogP) is 2.86. The van der Waals surface area contributed by atoms with Crippen LogP contribution < -0.4 is 5.32 Å². The van der Waals surface area contributed by atoms with Crippen molar-refractivity contribution in [3.8, 4) is 6.07 Å². The van der Waals surface area contributed by atoms with Gasteiger partial charge in [0, 0.05) is 32.1 Å². The molecule has 28 heavy (non-hydrogen) atoms. The quantitative estimate of drug-likeness (QED) is 0.799. The average Bonchev–Trinajstić information content (AvgIpc) is 2.66. The van der Waals surface area contributed by atoms with E-state index in [0.29, 0.717) is 25.2 Å². The summed E-state index contributed by atoms with van der Waals surface area (Å²) < 4.78 is 13.9. The maximum absolute atomic E-state index is 13.9. The van der Waals surface area contributed by atoms with Crippen molar-refractivity contribution in [2.75, 3.05) is 32.5 Å². The van der Waals surface area contributed by atoms with Crippen LogP contribution in [0.15, 0.2) is 42.5 Å². The molecule has 0 unspecified atom stereocenters. The second-order valence-corrected chi connectivity index (χ2v) is 6.71. The van der Waals surface area contributed by atoms with Crippen molar-refractivity contribution < 1.29 is 14.0 Å². The van der Waals surface area contributed by atoms with Gasteiger partial charge in [-0.05, 0) is 50.0 Å². The number of amides is 2. The minimum atomic E-state index is -0.598. The van der Waals surface area contributed by atoms with E-state index in [0.717, 1.165) is 5.56 Å². The zero-order valence-electron chi connectivity index (χ0n) is 16.2. The molecule has 2 aromatic rings. The summed E-state index contributed by atoms with van der Waals surface area (Å²) >= 11 is 0. The lowest BCUT2D eigenvalue weighted by molar-refractivity contribution is -0.114. The van der Waals surface area contributed by atoms with Gasteiger partial charge in [0.1, 0.15) is 5.82 Å². The number of rotatable bonds is 7. The van der Waals surface area contributed by atoms with Crippen molar-refractivity contribution in [2.24, 2.45) is 0 Å². The molecule has 0 fully saturated rings. The molecule has 6 nitrogen and oxygen atoms in total. The van der Waals surface area contributed by atoms with Crippen LogP contribution in [0.2, 0.25) is 0 Å². The van der Waals surface area contributed by atoms with Crippen molar-refractivity contribution in [1.82, 2.24) is 9.80 Å². The fraction of sp³-hybridized carbons (Fsp3) is 0.286. The first-order valence-electron chi connectivity index (χ1n) is 8.80. The molecule has 0 aliphatic heterocycles. The zero-order chi connectivity index (χ0) is 20.7. The van der Waals surface area contributed by atoms with Crippen LogP contribution in [0.5, 0.6) is 0 Å². The Labute approximate surface area is 164 Å². The Morgan fingerprint density at radius 3 is 2.36 bits per heavy atom. The maximum Gasteiger partial charge on any atom is 0.254 e. The van der Waals surface area contributed by atoms with Crippen molar-refractivity contribution in [1.29, 1.82) is 5.26 Å². The number of carbonyl (C=O) groups excluding carboxylic acids is 2. The number of hydrogen-bond acceptors (Lipinski definition) is 4. The fourth-order valence-corrected chi connectivity index (χ4v) is 2.60. The molecule has 2 amide bonds. The number of carbonyl (C=O) groups is 2. The number of nitriles is 1. The van der Waals surface area contributed by atoms with E-state index in [-0.39, 0.29) is 17.2 Å². The first-order valence-corrected chi connectivity index (χ1v) is 8.80.